The Morgan fingerprint density at radius 2 is 1.21 bits per heavy atom. The Bertz CT molecular complexity index is 722. The Morgan fingerprint density at radius 1 is 0.655 bits per heavy atom. The second kappa shape index (κ2) is 14.3. The predicted molar refractivity (Wildman–Crippen MR) is 129 cm³/mol. The maximum absolute atomic E-state index is 6.11. The van der Waals surface area contributed by atoms with Gasteiger partial charge >= 0.3 is 0 Å². The molecule has 0 radical (unpaired) electrons. The molecule has 0 saturated carbocycles. The summed E-state index contributed by atoms with van der Waals surface area (Å²) >= 11 is 3.48. The van der Waals surface area contributed by atoms with E-state index in [0.29, 0.717) is 0 Å². The first kappa shape index (κ1) is 23.5. The summed E-state index contributed by atoms with van der Waals surface area (Å²) < 4.78 is 13.2. The first-order chi connectivity index (χ1) is 14.2. The van der Waals surface area contributed by atoms with Crippen LogP contribution in [0.15, 0.2) is 46.9 Å². The standard InChI is InChI=1S/C26H35BrO2/c1-3-5-7-9-19-28-25-18-15-23(12-11-22-13-16-24(27)17-14-22)21-26(25)29-20-10-8-6-4-2/h11-18,21H,3-10,19-20H2,1-2H3. The average molecular weight is 459 g/mol. The van der Waals surface area contributed by atoms with Crippen LogP contribution in [0.2, 0.25) is 0 Å². The molecular formula is C26H35BrO2. The Kier molecular flexibility index (Phi) is 11.6. The zero-order valence-electron chi connectivity index (χ0n) is 18.0. The molecule has 158 valence electrons. The van der Waals surface area contributed by atoms with Crippen LogP contribution in [0.25, 0.3) is 12.2 Å². The van der Waals surface area contributed by atoms with E-state index in [0.717, 1.165) is 47.6 Å². The molecule has 29 heavy (non-hydrogen) atoms. The molecule has 0 atom stereocenters. The van der Waals surface area contributed by atoms with Crippen LogP contribution in [-0.2, 0) is 0 Å². The maximum atomic E-state index is 6.11. The molecule has 0 bridgehead atoms. The SMILES string of the molecule is CCCCCCOc1ccc(C=Cc2ccc(Br)cc2)cc1OCCCCCC. The summed E-state index contributed by atoms with van der Waals surface area (Å²) in [6.07, 6.45) is 13.9. The number of hydrogen-bond donors (Lipinski definition) is 0. The van der Waals surface area contributed by atoms with Crippen molar-refractivity contribution in [3.8, 4) is 11.5 Å². The summed E-state index contributed by atoms with van der Waals surface area (Å²) in [6, 6.07) is 14.5. The molecule has 0 N–H and O–H groups in total. The van der Waals surface area contributed by atoms with Crippen molar-refractivity contribution >= 4 is 28.1 Å². The molecule has 0 heterocycles. The first-order valence-electron chi connectivity index (χ1n) is 11.1. The minimum Gasteiger partial charge on any atom is -0.490 e. The van der Waals surface area contributed by atoms with Crippen molar-refractivity contribution in [1.29, 1.82) is 0 Å². The van der Waals surface area contributed by atoms with Gasteiger partial charge in [0.1, 0.15) is 0 Å². The number of ether oxygens (including phenoxy) is 2. The Balaban J connectivity index is 2.01. The van der Waals surface area contributed by atoms with Gasteiger partial charge in [-0.3, -0.25) is 0 Å². The number of rotatable bonds is 14. The van der Waals surface area contributed by atoms with Crippen LogP contribution >= 0.6 is 15.9 Å². The van der Waals surface area contributed by atoms with Gasteiger partial charge in [-0.15, -0.1) is 0 Å². The monoisotopic (exact) mass is 458 g/mol. The maximum Gasteiger partial charge on any atom is 0.161 e. The Labute approximate surface area is 185 Å². The number of benzene rings is 2. The summed E-state index contributed by atoms with van der Waals surface area (Å²) in [6.45, 7) is 5.95. The number of hydrogen-bond acceptors (Lipinski definition) is 2. The summed E-state index contributed by atoms with van der Waals surface area (Å²) in [5.41, 5.74) is 2.29. The van der Waals surface area contributed by atoms with Gasteiger partial charge in [-0.05, 0) is 48.2 Å². The third-order valence-electron chi connectivity index (χ3n) is 4.82. The number of unbranched alkanes of at least 4 members (excludes halogenated alkanes) is 6. The Morgan fingerprint density at radius 3 is 1.83 bits per heavy atom. The van der Waals surface area contributed by atoms with E-state index in [4.69, 9.17) is 9.47 Å². The third-order valence-corrected chi connectivity index (χ3v) is 5.35. The van der Waals surface area contributed by atoms with Crippen LogP contribution in [-0.4, -0.2) is 13.2 Å². The van der Waals surface area contributed by atoms with Crippen LogP contribution in [0.3, 0.4) is 0 Å². The van der Waals surface area contributed by atoms with Gasteiger partial charge in [0.05, 0.1) is 13.2 Å². The minimum atomic E-state index is 0.742. The zero-order chi connectivity index (χ0) is 20.7. The molecule has 0 aliphatic rings. The molecule has 2 nitrogen and oxygen atoms in total. The van der Waals surface area contributed by atoms with E-state index in [9.17, 15) is 0 Å². The molecule has 2 rings (SSSR count). The summed E-state index contributed by atoms with van der Waals surface area (Å²) in [7, 11) is 0. The van der Waals surface area contributed by atoms with Gasteiger partial charge in [0.25, 0.3) is 0 Å². The Hall–Kier alpha value is -1.74. The van der Waals surface area contributed by atoms with E-state index < -0.39 is 0 Å². The molecule has 0 aliphatic heterocycles. The summed E-state index contributed by atoms with van der Waals surface area (Å²) in [5, 5.41) is 0. The second-order valence-corrected chi connectivity index (χ2v) is 8.32. The molecule has 0 aromatic heterocycles. The van der Waals surface area contributed by atoms with Crippen LogP contribution in [0.5, 0.6) is 11.5 Å². The second-order valence-electron chi connectivity index (χ2n) is 7.41. The highest BCUT2D eigenvalue weighted by Crippen LogP contribution is 2.30. The van der Waals surface area contributed by atoms with Crippen molar-refractivity contribution in [2.24, 2.45) is 0 Å². The fourth-order valence-electron chi connectivity index (χ4n) is 3.05. The molecule has 0 amide bonds. The normalized spacial score (nSPS) is 11.1. The lowest BCUT2D eigenvalue weighted by atomic mass is 10.1. The van der Waals surface area contributed by atoms with E-state index in [2.05, 4.69) is 78.3 Å². The number of halogens is 1. The molecule has 2 aromatic carbocycles. The van der Waals surface area contributed by atoms with Crippen LogP contribution in [0.4, 0.5) is 0 Å². The highest BCUT2D eigenvalue weighted by atomic mass is 79.9. The third kappa shape index (κ3) is 9.54. The highest BCUT2D eigenvalue weighted by molar-refractivity contribution is 9.10. The topological polar surface area (TPSA) is 18.5 Å². The van der Waals surface area contributed by atoms with Gasteiger partial charge < -0.3 is 9.47 Å². The fraction of sp³-hybridized carbons (Fsp3) is 0.462. The fourth-order valence-corrected chi connectivity index (χ4v) is 3.31. The van der Waals surface area contributed by atoms with Crippen LogP contribution in [0.1, 0.15) is 76.3 Å². The summed E-state index contributed by atoms with van der Waals surface area (Å²) in [5.74, 6) is 1.72. The molecule has 3 heteroatoms. The van der Waals surface area contributed by atoms with E-state index in [1.165, 1.54) is 44.1 Å². The molecule has 0 spiro atoms. The van der Waals surface area contributed by atoms with Crippen molar-refractivity contribution in [3.63, 3.8) is 0 Å². The van der Waals surface area contributed by atoms with E-state index in [1.54, 1.807) is 0 Å². The summed E-state index contributed by atoms with van der Waals surface area (Å²) in [4.78, 5) is 0. The molecule has 0 unspecified atom stereocenters. The molecule has 2 aromatic rings. The van der Waals surface area contributed by atoms with Crippen molar-refractivity contribution in [2.45, 2.75) is 65.2 Å². The molecule has 0 aliphatic carbocycles. The molecular weight excluding hydrogens is 424 g/mol. The van der Waals surface area contributed by atoms with Gasteiger partial charge in [-0.25, -0.2) is 0 Å². The average Bonchev–Trinajstić information content (AvgIpc) is 2.74. The highest BCUT2D eigenvalue weighted by Gasteiger charge is 2.06. The molecule has 0 fully saturated rings. The van der Waals surface area contributed by atoms with E-state index in [1.807, 2.05) is 6.07 Å². The van der Waals surface area contributed by atoms with Crippen molar-refractivity contribution in [3.05, 3.63) is 58.1 Å². The zero-order valence-corrected chi connectivity index (χ0v) is 19.5. The van der Waals surface area contributed by atoms with Gasteiger partial charge in [-0.2, -0.15) is 0 Å². The van der Waals surface area contributed by atoms with Crippen molar-refractivity contribution in [2.75, 3.05) is 13.2 Å². The van der Waals surface area contributed by atoms with Crippen LogP contribution < -0.4 is 9.47 Å². The first-order valence-corrected chi connectivity index (χ1v) is 11.9. The smallest absolute Gasteiger partial charge is 0.161 e. The van der Waals surface area contributed by atoms with Gasteiger partial charge in [0, 0.05) is 4.47 Å². The lowest BCUT2D eigenvalue weighted by Crippen LogP contribution is -2.03. The van der Waals surface area contributed by atoms with Gasteiger partial charge in [0.15, 0.2) is 11.5 Å². The molecule has 0 saturated heterocycles. The van der Waals surface area contributed by atoms with Gasteiger partial charge in [0.2, 0.25) is 0 Å². The van der Waals surface area contributed by atoms with Crippen molar-refractivity contribution in [1.82, 2.24) is 0 Å². The predicted octanol–water partition coefficient (Wildman–Crippen LogP) is 8.54. The quantitative estimate of drug-likeness (QED) is 0.208. The minimum absolute atomic E-state index is 0.742. The van der Waals surface area contributed by atoms with E-state index >= 15 is 0 Å². The lowest BCUT2D eigenvalue weighted by Gasteiger charge is -2.14. The van der Waals surface area contributed by atoms with E-state index in [-0.39, 0.29) is 0 Å². The van der Waals surface area contributed by atoms with Gasteiger partial charge in [-0.1, -0.05) is 98.7 Å². The largest absolute Gasteiger partial charge is 0.490 e. The van der Waals surface area contributed by atoms with Crippen LogP contribution in [0, 0.1) is 0 Å². The van der Waals surface area contributed by atoms with Crippen molar-refractivity contribution < 1.29 is 9.47 Å². The lowest BCUT2D eigenvalue weighted by molar-refractivity contribution is 0.259.